The van der Waals surface area contributed by atoms with Crippen molar-refractivity contribution in [3.63, 3.8) is 0 Å². The normalized spacial score (nSPS) is 11.6. The summed E-state index contributed by atoms with van der Waals surface area (Å²) in [6.45, 7) is 5.07. The second-order valence-corrected chi connectivity index (χ2v) is 9.90. The van der Waals surface area contributed by atoms with Gasteiger partial charge in [-0.15, -0.1) is 0 Å². The van der Waals surface area contributed by atoms with Gasteiger partial charge in [0.25, 0.3) is 0 Å². The maximum Gasteiger partial charge on any atom is 0.325 e. The first kappa shape index (κ1) is 25.8. The Kier molecular flexibility index (Phi) is 11.0. The number of halogens is 2. The zero-order chi connectivity index (χ0) is 22.7. The Morgan fingerprint density at radius 1 is 1.03 bits per heavy atom. The van der Waals surface area contributed by atoms with E-state index in [1.54, 1.807) is 0 Å². The van der Waals surface area contributed by atoms with Crippen LogP contribution in [-0.2, 0) is 17.5 Å². The van der Waals surface area contributed by atoms with E-state index in [4.69, 9.17) is 21.4 Å². The van der Waals surface area contributed by atoms with Crippen molar-refractivity contribution in [2.75, 3.05) is 30.7 Å². The van der Waals surface area contributed by atoms with E-state index in [1.165, 1.54) is 17.7 Å². The van der Waals surface area contributed by atoms with Gasteiger partial charge < -0.3 is 20.0 Å². The molecule has 8 heteroatoms. The number of benzene rings is 2. The first-order valence-electron chi connectivity index (χ1n) is 10.8. The molecule has 3 N–H and O–H groups in total. The summed E-state index contributed by atoms with van der Waals surface area (Å²) >= 11 is 6.53. The molecule has 0 aliphatic heterocycles. The fourth-order valence-electron chi connectivity index (χ4n) is 3.47. The molecule has 31 heavy (non-hydrogen) atoms. The number of unbranched alkanes of at least 4 members (excludes halogenated alkanes) is 2. The van der Waals surface area contributed by atoms with Gasteiger partial charge >= 0.3 is 7.60 Å². The molecule has 0 radical (unpaired) electrons. The highest BCUT2D eigenvalue weighted by atomic mass is 35.5. The van der Waals surface area contributed by atoms with Crippen molar-refractivity contribution in [1.29, 1.82) is 0 Å². The molecule has 0 unspecified atom stereocenters. The lowest BCUT2D eigenvalue weighted by Crippen LogP contribution is -2.24. The Labute approximate surface area is 189 Å². The van der Waals surface area contributed by atoms with Crippen molar-refractivity contribution in [1.82, 2.24) is 5.32 Å². The van der Waals surface area contributed by atoms with Crippen LogP contribution in [0.15, 0.2) is 42.5 Å². The molecule has 0 heterocycles. The van der Waals surface area contributed by atoms with E-state index in [1.807, 2.05) is 30.3 Å². The molecule has 0 bridgehead atoms. The Balaban J connectivity index is 1.73. The largest absolute Gasteiger partial charge is 0.371 e. The molecule has 0 saturated carbocycles. The van der Waals surface area contributed by atoms with Crippen molar-refractivity contribution < 1.29 is 18.7 Å². The maximum atomic E-state index is 13.0. The summed E-state index contributed by atoms with van der Waals surface area (Å²) in [7, 11) is -3.92. The van der Waals surface area contributed by atoms with Crippen LogP contribution in [0.4, 0.5) is 10.1 Å². The van der Waals surface area contributed by atoms with Gasteiger partial charge in [0.2, 0.25) is 0 Å². The second-order valence-electron chi connectivity index (χ2n) is 7.72. The van der Waals surface area contributed by atoms with Crippen LogP contribution in [-0.4, -0.2) is 35.6 Å². The summed E-state index contributed by atoms with van der Waals surface area (Å²) in [6.07, 6.45) is 4.53. The number of hydrogen-bond donors (Lipinski definition) is 3. The van der Waals surface area contributed by atoms with Gasteiger partial charge in [0.15, 0.2) is 0 Å². The van der Waals surface area contributed by atoms with Gasteiger partial charge in [0.1, 0.15) is 5.82 Å². The van der Waals surface area contributed by atoms with Gasteiger partial charge in [-0.2, -0.15) is 0 Å². The molecule has 2 aromatic carbocycles. The molecule has 5 nitrogen and oxygen atoms in total. The van der Waals surface area contributed by atoms with E-state index in [0.29, 0.717) is 24.5 Å². The highest BCUT2D eigenvalue weighted by Gasteiger charge is 2.12. The van der Waals surface area contributed by atoms with E-state index in [0.717, 1.165) is 50.0 Å². The minimum absolute atomic E-state index is 0.102. The monoisotopic (exact) mass is 470 g/mol. The highest BCUT2D eigenvalue weighted by molar-refractivity contribution is 7.51. The predicted molar refractivity (Wildman–Crippen MR) is 127 cm³/mol. The average Bonchev–Trinajstić information content (AvgIpc) is 2.72. The Hall–Kier alpha value is -1.43. The molecule has 2 rings (SSSR count). The third-order valence-corrected chi connectivity index (χ3v) is 6.37. The molecule has 2 aromatic rings. The third-order valence-electron chi connectivity index (χ3n) is 5.17. The van der Waals surface area contributed by atoms with Crippen LogP contribution < -0.4 is 10.2 Å². The molecule has 0 saturated heterocycles. The number of rotatable bonds is 14. The standard InChI is InChI=1S/C23H33ClFN2O3P/c1-2-27(15-5-3-4-7-19-8-11-21(25)12-9-19)23-13-10-20(17-22(23)24)18-26-14-6-16-31(28,29)30/h8-13,17,26H,2-7,14-16,18H2,1H3,(H2,28,29,30). The Morgan fingerprint density at radius 2 is 1.74 bits per heavy atom. The zero-order valence-corrected chi connectivity index (χ0v) is 19.7. The smallest absolute Gasteiger partial charge is 0.325 e. The number of aryl methyl sites for hydroxylation is 1. The average molecular weight is 471 g/mol. The maximum absolute atomic E-state index is 13.0. The Bertz CT molecular complexity index is 845. The van der Waals surface area contributed by atoms with Gasteiger partial charge in [0, 0.05) is 19.6 Å². The molecule has 172 valence electrons. The summed E-state index contributed by atoms with van der Waals surface area (Å²) in [5.41, 5.74) is 3.23. The van der Waals surface area contributed by atoms with Gasteiger partial charge in [-0.05, 0) is 74.5 Å². The number of nitrogens with zero attached hydrogens (tertiary/aromatic N) is 1. The van der Waals surface area contributed by atoms with Gasteiger partial charge in [0.05, 0.1) is 16.9 Å². The summed E-state index contributed by atoms with van der Waals surface area (Å²) < 4.78 is 23.8. The molecule has 0 amide bonds. The van der Waals surface area contributed by atoms with Crippen LogP contribution in [0.5, 0.6) is 0 Å². The zero-order valence-electron chi connectivity index (χ0n) is 18.1. The van der Waals surface area contributed by atoms with Crippen LogP contribution in [0.2, 0.25) is 5.02 Å². The summed E-state index contributed by atoms with van der Waals surface area (Å²) in [6, 6.07) is 12.7. The summed E-state index contributed by atoms with van der Waals surface area (Å²) in [4.78, 5) is 20.0. The predicted octanol–water partition coefficient (Wildman–Crippen LogP) is 5.38. The van der Waals surface area contributed by atoms with Crippen LogP contribution in [0.3, 0.4) is 0 Å². The van der Waals surface area contributed by atoms with Crippen molar-refractivity contribution in [3.8, 4) is 0 Å². The van der Waals surface area contributed by atoms with Crippen LogP contribution in [0.25, 0.3) is 0 Å². The minimum atomic E-state index is -3.92. The molecule has 0 aliphatic carbocycles. The van der Waals surface area contributed by atoms with Crippen LogP contribution in [0.1, 0.15) is 43.7 Å². The highest BCUT2D eigenvalue weighted by Crippen LogP contribution is 2.34. The molecule has 0 fully saturated rings. The number of hydrogen-bond acceptors (Lipinski definition) is 3. The molecule has 0 aliphatic rings. The fourth-order valence-corrected chi connectivity index (χ4v) is 4.36. The van der Waals surface area contributed by atoms with Gasteiger partial charge in [-0.1, -0.05) is 36.2 Å². The Morgan fingerprint density at radius 3 is 2.39 bits per heavy atom. The topological polar surface area (TPSA) is 72.8 Å². The first-order chi connectivity index (χ1) is 14.8. The molecule has 0 aromatic heterocycles. The minimum Gasteiger partial charge on any atom is -0.371 e. The van der Waals surface area contributed by atoms with Gasteiger partial charge in [-0.3, -0.25) is 4.57 Å². The van der Waals surface area contributed by atoms with E-state index in [-0.39, 0.29) is 12.0 Å². The van der Waals surface area contributed by atoms with Crippen molar-refractivity contribution in [3.05, 3.63) is 64.4 Å². The van der Waals surface area contributed by atoms with Gasteiger partial charge in [-0.25, -0.2) is 4.39 Å². The van der Waals surface area contributed by atoms with Crippen molar-refractivity contribution in [2.45, 2.75) is 45.6 Å². The third kappa shape index (κ3) is 10.2. The van der Waals surface area contributed by atoms with Crippen molar-refractivity contribution >= 4 is 24.9 Å². The van der Waals surface area contributed by atoms with E-state index >= 15 is 0 Å². The van der Waals surface area contributed by atoms with E-state index in [9.17, 15) is 8.96 Å². The lowest BCUT2D eigenvalue weighted by atomic mass is 10.1. The number of anilines is 1. The number of nitrogens with one attached hydrogen (secondary N) is 1. The summed E-state index contributed by atoms with van der Waals surface area (Å²) in [5, 5.41) is 3.90. The SMILES string of the molecule is CCN(CCCCCc1ccc(F)cc1)c1ccc(CNCCCP(=O)(O)O)cc1Cl. The molecular weight excluding hydrogens is 438 g/mol. The molecule has 0 spiro atoms. The molecule has 0 atom stereocenters. The van der Waals surface area contributed by atoms with Crippen molar-refractivity contribution in [2.24, 2.45) is 0 Å². The van der Waals surface area contributed by atoms with E-state index < -0.39 is 7.60 Å². The summed E-state index contributed by atoms with van der Waals surface area (Å²) in [5.74, 6) is -0.194. The second kappa shape index (κ2) is 13.2. The van der Waals surface area contributed by atoms with Crippen LogP contribution >= 0.6 is 19.2 Å². The fraction of sp³-hybridized carbons (Fsp3) is 0.478. The lowest BCUT2D eigenvalue weighted by Gasteiger charge is -2.24. The van der Waals surface area contributed by atoms with Crippen LogP contribution in [0, 0.1) is 5.82 Å². The lowest BCUT2D eigenvalue weighted by molar-refractivity contribution is 0.371. The first-order valence-corrected chi connectivity index (χ1v) is 13.0. The molecular formula is C23H33ClFN2O3P. The van der Waals surface area contributed by atoms with E-state index in [2.05, 4.69) is 17.1 Å². The quantitative estimate of drug-likeness (QED) is 0.255.